The van der Waals surface area contributed by atoms with Crippen molar-refractivity contribution in [3.05, 3.63) is 64.7 Å². The molecule has 19 heavy (non-hydrogen) atoms. The van der Waals surface area contributed by atoms with Crippen molar-refractivity contribution in [2.45, 2.75) is 16.6 Å². The molecule has 2 aromatic rings. The van der Waals surface area contributed by atoms with Gasteiger partial charge in [0.2, 0.25) is 0 Å². The van der Waals surface area contributed by atoms with Crippen LogP contribution >= 0.6 is 35.1 Å². The van der Waals surface area contributed by atoms with E-state index in [0.29, 0.717) is 5.92 Å². The summed E-state index contributed by atoms with van der Waals surface area (Å²) in [6.07, 6.45) is 0. The van der Waals surface area contributed by atoms with Crippen LogP contribution in [0.4, 0.5) is 0 Å². The third kappa shape index (κ3) is 3.31. The second-order valence-corrected chi connectivity index (χ2v) is 7.22. The van der Waals surface area contributed by atoms with Crippen molar-refractivity contribution < 1.29 is 0 Å². The van der Waals surface area contributed by atoms with Crippen molar-refractivity contribution in [2.24, 2.45) is 0 Å². The van der Waals surface area contributed by atoms with Gasteiger partial charge in [0.15, 0.2) is 0 Å². The largest absolute Gasteiger partial charge is 0.157 e. The Morgan fingerprint density at radius 3 is 2.74 bits per heavy atom. The van der Waals surface area contributed by atoms with Gasteiger partial charge in [-0.3, -0.25) is 0 Å². The summed E-state index contributed by atoms with van der Waals surface area (Å²) in [5.74, 6) is 4.21. The lowest BCUT2D eigenvalue weighted by Gasteiger charge is -2.10. The van der Waals surface area contributed by atoms with Gasteiger partial charge in [0.05, 0.1) is 0 Å². The zero-order valence-corrected chi connectivity index (χ0v) is 12.9. The molecule has 0 saturated carbocycles. The molecule has 1 atom stereocenters. The molecular weight excluding hydrogens is 292 g/mol. The molecule has 0 fully saturated rings. The Morgan fingerprint density at radius 2 is 1.89 bits per heavy atom. The predicted octanol–water partition coefficient (Wildman–Crippen LogP) is 5.46. The molecule has 0 bridgehead atoms. The maximum atomic E-state index is 5.90. The topological polar surface area (TPSA) is 0 Å². The number of rotatable bonds is 4. The van der Waals surface area contributed by atoms with Gasteiger partial charge < -0.3 is 0 Å². The highest BCUT2D eigenvalue weighted by Gasteiger charge is 2.22. The standard InChI is InChI=1S/C16H15ClS2/c17-14-7-5-12(6-8-14)9-18-10-13-11-19-16-4-2-1-3-15(13)16/h1-8,13H,9-11H2. The van der Waals surface area contributed by atoms with Crippen LogP contribution in [0.3, 0.4) is 0 Å². The molecule has 1 aliphatic rings. The van der Waals surface area contributed by atoms with E-state index in [1.807, 2.05) is 35.7 Å². The SMILES string of the molecule is Clc1ccc(CSCC2CSc3ccccc32)cc1. The summed E-state index contributed by atoms with van der Waals surface area (Å²) in [5, 5.41) is 0.815. The van der Waals surface area contributed by atoms with Crippen molar-refractivity contribution in [1.82, 2.24) is 0 Å². The average molecular weight is 307 g/mol. The highest BCUT2D eigenvalue weighted by atomic mass is 35.5. The number of hydrogen-bond donors (Lipinski definition) is 0. The molecule has 0 aliphatic carbocycles. The molecule has 2 aromatic carbocycles. The maximum Gasteiger partial charge on any atom is 0.0406 e. The van der Waals surface area contributed by atoms with Crippen molar-refractivity contribution in [3.63, 3.8) is 0 Å². The molecule has 1 heterocycles. The summed E-state index contributed by atoms with van der Waals surface area (Å²) in [4.78, 5) is 1.47. The molecule has 1 aliphatic heterocycles. The third-order valence-electron chi connectivity index (χ3n) is 3.30. The van der Waals surface area contributed by atoms with Gasteiger partial charge >= 0.3 is 0 Å². The monoisotopic (exact) mass is 306 g/mol. The first-order valence-electron chi connectivity index (χ1n) is 6.37. The fourth-order valence-electron chi connectivity index (χ4n) is 2.27. The summed E-state index contributed by atoms with van der Waals surface area (Å²) in [7, 11) is 0. The molecule has 1 unspecified atom stereocenters. The minimum absolute atomic E-state index is 0.707. The zero-order valence-electron chi connectivity index (χ0n) is 10.5. The van der Waals surface area contributed by atoms with Crippen molar-refractivity contribution in [3.8, 4) is 0 Å². The molecule has 0 aromatic heterocycles. The van der Waals surface area contributed by atoms with Crippen LogP contribution in [-0.4, -0.2) is 11.5 Å². The van der Waals surface area contributed by atoms with Crippen LogP contribution in [0.15, 0.2) is 53.4 Å². The number of thioether (sulfide) groups is 2. The maximum absolute atomic E-state index is 5.90. The molecule has 0 N–H and O–H groups in total. The van der Waals surface area contributed by atoms with Crippen molar-refractivity contribution in [1.29, 1.82) is 0 Å². The van der Waals surface area contributed by atoms with E-state index < -0.39 is 0 Å². The van der Waals surface area contributed by atoms with E-state index in [0.717, 1.165) is 10.8 Å². The highest BCUT2D eigenvalue weighted by molar-refractivity contribution is 8.00. The number of halogens is 1. The van der Waals surface area contributed by atoms with Crippen LogP contribution in [0.2, 0.25) is 5.02 Å². The third-order valence-corrected chi connectivity index (χ3v) is 5.98. The number of hydrogen-bond acceptors (Lipinski definition) is 2. The van der Waals surface area contributed by atoms with Gasteiger partial charge in [-0.1, -0.05) is 41.9 Å². The summed E-state index contributed by atoms with van der Waals surface area (Å²) in [6, 6.07) is 17.0. The van der Waals surface area contributed by atoms with E-state index in [-0.39, 0.29) is 0 Å². The predicted molar refractivity (Wildman–Crippen MR) is 87.5 cm³/mol. The zero-order chi connectivity index (χ0) is 13.1. The van der Waals surface area contributed by atoms with Crippen LogP contribution in [0.25, 0.3) is 0 Å². The Kier molecular flexibility index (Phi) is 4.42. The van der Waals surface area contributed by atoms with E-state index in [4.69, 9.17) is 11.6 Å². The van der Waals surface area contributed by atoms with Crippen LogP contribution in [-0.2, 0) is 5.75 Å². The molecule has 98 valence electrons. The highest BCUT2D eigenvalue weighted by Crippen LogP contribution is 2.41. The van der Waals surface area contributed by atoms with Gasteiger partial charge in [-0.15, -0.1) is 11.8 Å². The Labute approximate surface area is 127 Å². The van der Waals surface area contributed by atoms with E-state index >= 15 is 0 Å². The van der Waals surface area contributed by atoms with Crippen LogP contribution < -0.4 is 0 Å². The second kappa shape index (κ2) is 6.25. The molecule has 0 spiro atoms. The van der Waals surface area contributed by atoms with Crippen LogP contribution in [0.1, 0.15) is 17.0 Å². The molecule has 0 amide bonds. The van der Waals surface area contributed by atoms with E-state index in [1.54, 1.807) is 0 Å². The van der Waals surface area contributed by atoms with Gasteiger partial charge in [0.25, 0.3) is 0 Å². The van der Waals surface area contributed by atoms with Gasteiger partial charge in [-0.2, -0.15) is 11.8 Å². The lowest BCUT2D eigenvalue weighted by molar-refractivity contribution is 0.896. The summed E-state index contributed by atoms with van der Waals surface area (Å²) < 4.78 is 0. The fraction of sp³-hybridized carbons (Fsp3) is 0.250. The average Bonchev–Trinajstić information content (AvgIpc) is 2.85. The Balaban J connectivity index is 1.55. The number of benzene rings is 2. The molecule has 0 saturated heterocycles. The normalized spacial score (nSPS) is 17.4. The second-order valence-electron chi connectivity index (χ2n) is 4.69. The smallest absolute Gasteiger partial charge is 0.0406 e. The minimum atomic E-state index is 0.707. The lowest BCUT2D eigenvalue weighted by Crippen LogP contribution is -2.00. The quantitative estimate of drug-likeness (QED) is 0.735. The molecule has 0 radical (unpaired) electrons. The first-order chi connectivity index (χ1) is 9.33. The lowest BCUT2D eigenvalue weighted by atomic mass is 10.0. The van der Waals surface area contributed by atoms with E-state index in [9.17, 15) is 0 Å². The van der Waals surface area contributed by atoms with Gasteiger partial charge in [-0.05, 0) is 29.3 Å². The molecule has 0 nitrogen and oxygen atoms in total. The van der Waals surface area contributed by atoms with Crippen LogP contribution in [0, 0.1) is 0 Å². The number of fused-ring (bicyclic) bond motifs is 1. The fourth-order valence-corrected chi connectivity index (χ4v) is 4.92. The molecular formula is C16H15ClS2. The minimum Gasteiger partial charge on any atom is -0.157 e. The Bertz CT molecular complexity index is 551. The van der Waals surface area contributed by atoms with Gasteiger partial charge in [-0.25, -0.2) is 0 Å². The van der Waals surface area contributed by atoms with E-state index in [1.165, 1.54) is 27.5 Å². The Morgan fingerprint density at radius 1 is 1.11 bits per heavy atom. The van der Waals surface area contributed by atoms with E-state index in [2.05, 4.69) is 36.4 Å². The van der Waals surface area contributed by atoms with Crippen molar-refractivity contribution in [2.75, 3.05) is 11.5 Å². The van der Waals surface area contributed by atoms with Crippen molar-refractivity contribution >= 4 is 35.1 Å². The summed E-state index contributed by atoms with van der Waals surface area (Å²) in [6.45, 7) is 0. The first kappa shape index (κ1) is 13.4. The molecule has 3 heteroatoms. The van der Waals surface area contributed by atoms with Gasteiger partial charge in [0, 0.05) is 33.1 Å². The Hall–Kier alpha value is -0.570. The molecule has 3 rings (SSSR count). The first-order valence-corrected chi connectivity index (χ1v) is 8.88. The summed E-state index contributed by atoms with van der Waals surface area (Å²) in [5.41, 5.74) is 2.89. The van der Waals surface area contributed by atoms with Gasteiger partial charge in [0.1, 0.15) is 0 Å². The van der Waals surface area contributed by atoms with Crippen LogP contribution in [0.5, 0.6) is 0 Å². The summed E-state index contributed by atoms with van der Waals surface area (Å²) >= 11 is 9.91.